The van der Waals surface area contributed by atoms with E-state index in [0.29, 0.717) is 22.5 Å². The molecular formula is C17H21Cl2NO. The molecule has 1 aromatic rings. The second kappa shape index (κ2) is 8.91. The van der Waals surface area contributed by atoms with Crippen molar-refractivity contribution < 1.29 is 4.79 Å². The highest BCUT2D eigenvalue weighted by molar-refractivity contribution is 6.43. The van der Waals surface area contributed by atoms with Crippen LogP contribution in [-0.4, -0.2) is 12.5 Å². The SMILES string of the molecule is C=C(CCC=CC(=O)NCC(C)C)c1cccc(Cl)c1Cl. The van der Waals surface area contributed by atoms with E-state index in [9.17, 15) is 4.79 Å². The van der Waals surface area contributed by atoms with Gasteiger partial charge in [0.1, 0.15) is 0 Å². The fourth-order valence-electron chi connectivity index (χ4n) is 1.72. The maximum Gasteiger partial charge on any atom is 0.243 e. The maximum atomic E-state index is 11.5. The summed E-state index contributed by atoms with van der Waals surface area (Å²) >= 11 is 12.1. The molecule has 2 nitrogen and oxygen atoms in total. The lowest BCUT2D eigenvalue weighted by Gasteiger charge is -2.08. The summed E-state index contributed by atoms with van der Waals surface area (Å²) in [4.78, 5) is 11.5. The number of halogens is 2. The van der Waals surface area contributed by atoms with Crippen LogP contribution in [-0.2, 0) is 4.79 Å². The van der Waals surface area contributed by atoms with Crippen LogP contribution in [0.25, 0.3) is 5.57 Å². The molecule has 0 aromatic heterocycles. The smallest absolute Gasteiger partial charge is 0.243 e. The Morgan fingerprint density at radius 2 is 2.10 bits per heavy atom. The Morgan fingerprint density at radius 1 is 1.38 bits per heavy atom. The van der Waals surface area contributed by atoms with E-state index in [2.05, 4.69) is 25.7 Å². The summed E-state index contributed by atoms with van der Waals surface area (Å²) in [6.07, 6.45) is 4.87. The molecule has 0 radical (unpaired) electrons. The first-order valence-electron chi connectivity index (χ1n) is 6.98. The third-order valence-electron chi connectivity index (χ3n) is 2.90. The average Bonchev–Trinajstić information content (AvgIpc) is 2.44. The fourth-order valence-corrected chi connectivity index (χ4v) is 2.16. The van der Waals surface area contributed by atoms with Gasteiger partial charge >= 0.3 is 0 Å². The summed E-state index contributed by atoms with van der Waals surface area (Å²) in [6.45, 7) is 8.83. The number of hydrogen-bond donors (Lipinski definition) is 1. The molecule has 1 aromatic carbocycles. The van der Waals surface area contributed by atoms with Gasteiger partial charge in [0.15, 0.2) is 0 Å². The van der Waals surface area contributed by atoms with Gasteiger partial charge in [-0.25, -0.2) is 0 Å². The molecule has 1 amide bonds. The van der Waals surface area contributed by atoms with Crippen molar-refractivity contribution in [3.63, 3.8) is 0 Å². The zero-order valence-corrected chi connectivity index (χ0v) is 14.0. The predicted molar refractivity (Wildman–Crippen MR) is 91.7 cm³/mol. The summed E-state index contributed by atoms with van der Waals surface area (Å²) < 4.78 is 0. The Morgan fingerprint density at radius 3 is 2.76 bits per heavy atom. The Labute approximate surface area is 136 Å². The molecule has 4 heteroatoms. The summed E-state index contributed by atoms with van der Waals surface area (Å²) in [6, 6.07) is 5.50. The average molecular weight is 326 g/mol. The summed E-state index contributed by atoms with van der Waals surface area (Å²) in [7, 11) is 0. The molecule has 0 fully saturated rings. The highest BCUT2D eigenvalue weighted by Crippen LogP contribution is 2.31. The van der Waals surface area contributed by atoms with Crippen LogP contribution in [0.4, 0.5) is 0 Å². The van der Waals surface area contributed by atoms with Gasteiger partial charge in [-0.2, -0.15) is 0 Å². The fraction of sp³-hybridized carbons (Fsp3) is 0.353. The van der Waals surface area contributed by atoms with E-state index in [1.54, 1.807) is 12.1 Å². The summed E-state index contributed by atoms with van der Waals surface area (Å²) in [5.74, 6) is 0.391. The number of hydrogen-bond acceptors (Lipinski definition) is 1. The first kappa shape index (κ1) is 17.8. The lowest BCUT2D eigenvalue weighted by atomic mass is 10.0. The van der Waals surface area contributed by atoms with E-state index in [1.165, 1.54) is 0 Å². The largest absolute Gasteiger partial charge is 0.352 e. The lowest BCUT2D eigenvalue weighted by molar-refractivity contribution is -0.116. The van der Waals surface area contributed by atoms with Crippen LogP contribution in [0.1, 0.15) is 32.3 Å². The van der Waals surface area contributed by atoms with E-state index in [0.717, 1.165) is 24.0 Å². The Balaban J connectivity index is 2.43. The number of allylic oxidation sites excluding steroid dienone is 2. The quantitative estimate of drug-likeness (QED) is 0.693. The minimum atomic E-state index is -0.0601. The molecule has 0 heterocycles. The molecule has 21 heavy (non-hydrogen) atoms. The molecule has 1 N–H and O–H groups in total. The molecule has 0 aliphatic rings. The molecule has 0 bridgehead atoms. The maximum absolute atomic E-state index is 11.5. The van der Waals surface area contributed by atoms with Gasteiger partial charge in [0.05, 0.1) is 10.0 Å². The topological polar surface area (TPSA) is 29.1 Å². The summed E-state index contributed by atoms with van der Waals surface area (Å²) in [5, 5.41) is 3.89. The second-order valence-corrected chi connectivity index (χ2v) is 6.07. The van der Waals surface area contributed by atoms with Crippen molar-refractivity contribution in [2.75, 3.05) is 6.54 Å². The minimum absolute atomic E-state index is 0.0601. The van der Waals surface area contributed by atoms with Gasteiger partial charge in [-0.05, 0) is 42.0 Å². The number of benzene rings is 1. The van der Waals surface area contributed by atoms with E-state index >= 15 is 0 Å². The Hall–Kier alpha value is -1.25. The van der Waals surface area contributed by atoms with Gasteiger partial charge in [-0.1, -0.05) is 61.8 Å². The van der Waals surface area contributed by atoms with Crippen molar-refractivity contribution in [1.82, 2.24) is 5.32 Å². The third-order valence-corrected chi connectivity index (χ3v) is 3.72. The number of nitrogens with one attached hydrogen (secondary N) is 1. The number of rotatable bonds is 7. The Kier molecular flexibility index (Phi) is 7.55. The molecule has 0 unspecified atom stereocenters. The minimum Gasteiger partial charge on any atom is -0.352 e. The first-order chi connectivity index (χ1) is 9.91. The van der Waals surface area contributed by atoms with Gasteiger partial charge in [0, 0.05) is 6.54 Å². The van der Waals surface area contributed by atoms with E-state index < -0.39 is 0 Å². The first-order valence-corrected chi connectivity index (χ1v) is 7.74. The van der Waals surface area contributed by atoms with Gasteiger partial charge in [-0.3, -0.25) is 4.79 Å². The molecule has 0 aliphatic carbocycles. The molecular weight excluding hydrogens is 305 g/mol. The highest BCUT2D eigenvalue weighted by Gasteiger charge is 2.06. The van der Waals surface area contributed by atoms with Crippen molar-refractivity contribution in [2.24, 2.45) is 5.92 Å². The van der Waals surface area contributed by atoms with Gasteiger partial charge in [-0.15, -0.1) is 0 Å². The van der Waals surface area contributed by atoms with Crippen LogP contribution in [0.3, 0.4) is 0 Å². The molecule has 0 saturated heterocycles. The third kappa shape index (κ3) is 6.36. The van der Waals surface area contributed by atoms with Crippen LogP contribution >= 0.6 is 23.2 Å². The van der Waals surface area contributed by atoms with Crippen molar-refractivity contribution in [3.05, 3.63) is 52.5 Å². The molecule has 0 aliphatic heterocycles. The normalized spacial score (nSPS) is 11.1. The predicted octanol–water partition coefficient (Wildman–Crippen LogP) is 5.12. The second-order valence-electron chi connectivity index (χ2n) is 5.28. The van der Waals surface area contributed by atoms with Crippen LogP contribution in [0.5, 0.6) is 0 Å². The van der Waals surface area contributed by atoms with E-state index in [-0.39, 0.29) is 5.91 Å². The van der Waals surface area contributed by atoms with Crippen LogP contribution in [0.15, 0.2) is 36.9 Å². The van der Waals surface area contributed by atoms with Crippen LogP contribution in [0, 0.1) is 5.92 Å². The molecule has 0 spiro atoms. The zero-order valence-electron chi connectivity index (χ0n) is 12.5. The van der Waals surface area contributed by atoms with Crippen molar-refractivity contribution in [2.45, 2.75) is 26.7 Å². The van der Waals surface area contributed by atoms with Gasteiger partial charge in [0.2, 0.25) is 5.91 Å². The number of carbonyl (C=O) groups excluding carboxylic acids is 1. The van der Waals surface area contributed by atoms with E-state index in [4.69, 9.17) is 23.2 Å². The van der Waals surface area contributed by atoms with Crippen molar-refractivity contribution in [3.8, 4) is 0 Å². The van der Waals surface area contributed by atoms with Crippen LogP contribution in [0.2, 0.25) is 10.0 Å². The highest BCUT2D eigenvalue weighted by atomic mass is 35.5. The van der Waals surface area contributed by atoms with Crippen molar-refractivity contribution >= 4 is 34.7 Å². The molecule has 114 valence electrons. The molecule has 1 rings (SSSR count). The number of carbonyl (C=O) groups is 1. The standard InChI is InChI=1S/C17H21Cl2NO/c1-12(2)11-20-16(21)10-5-4-7-13(3)14-8-6-9-15(18)17(14)19/h5-6,8-10,12H,3-4,7,11H2,1-2H3,(H,20,21). The van der Waals surface area contributed by atoms with Crippen molar-refractivity contribution in [1.29, 1.82) is 0 Å². The number of amides is 1. The lowest BCUT2D eigenvalue weighted by Crippen LogP contribution is -2.25. The monoisotopic (exact) mass is 325 g/mol. The zero-order chi connectivity index (χ0) is 15.8. The van der Waals surface area contributed by atoms with Gasteiger partial charge < -0.3 is 5.32 Å². The van der Waals surface area contributed by atoms with Crippen LogP contribution < -0.4 is 5.32 Å². The summed E-state index contributed by atoms with van der Waals surface area (Å²) in [5.41, 5.74) is 1.77. The van der Waals surface area contributed by atoms with E-state index in [1.807, 2.05) is 18.2 Å². The Bertz CT molecular complexity index is 536. The van der Waals surface area contributed by atoms with Gasteiger partial charge in [0.25, 0.3) is 0 Å². The molecule has 0 atom stereocenters. The molecule has 0 saturated carbocycles.